The van der Waals surface area contributed by atoms with Crippen LogP contribution >= 0.6 is 0 Å². The number of rotatable bonds is 10. The summed E-state index contributed by atoms with van der Waals surface area (Å²) in [6.07, 6.45) is 6.18. The number of aromatic nitrogens is 4. The first-order valence-corrected chi connectivity index (χ1v) is 19.3. The van der Waals surface area contributed by atoms with E-state index in [0.717, 1.165) is 70.8 Å². The maximum Gasteiger partial charge on any atom is 0.407 e. The molecule has 4 amide bonds. The molecule has 0 spiro atoms. The van der Waals surface area contributed by atoms with E-state index in [2.05, 4.69) is 32.7 Å². The minimum absolute atomic E-state index is 0.118. The second-order valence-corrected chi connectivity index (χ2v) is 15.4. The molecule has 3 aliphatic heterocycles. The van der Waals surface area contributed by atoms with Gasteiger partial charge >= 0.3 is 12.2 Å². The van der Waals surface area contributed by atoms with Gasteiger partial charge in [-0.1, -0.05) is 27.7 Å². The molecule has 0 bridgehead atoms. The molecule has 0 unspecified atom stereocenters. The van der Waals surface area contributed by atoms with Crippen LogP contribution in [0.5, 0.6) is 11.5 Å². The normalized spacial score (nSPS) is 18.6. The smallest absolute Gasteiger partial charge is 0.407 e. The van der Waals surface area contributed by atoms with E-state index >= 15 is 0 Å². The number of hydrogen-bond donors (Lipinski definition) is 4. The molecule has 2 aromatic heterocycles. The lowest BCUT2D eigenvalue weighted by atomic mass is 9.96. The number of aromatic amines is 2. The van der Waals surface area contributed by atoms with Crippen LogP contribution < -0.4 is 15.4 Å². The molecule has 0 saturated carbocycles. The first-order chi connectivity index (χ1) is 26.9. The number of nitrogens with zero attached hydrogens (tertiary/aromatic N) is 4. The molecule has 3 aliphatic rings. The Morgan fingerprint density at radius 1 is 0.714 bits per heavy atom. The van der Waals surface area contributed by atoms with Crippen LogP contribution in [-0.4, -0.2) is 93.1 Å². The van der Waals surface area contributed by atoms with Crippen molar-refractivity contribution < 1.29 is 33.4 Å². The van der Waals surface area contributed by atoms with Crippen LogP contribution in [0.2, 0.25) is 0 Å². The number of amides is 4. The first-order valence-electron chi connectivity index (χ1n) is 19.3. The van der Waals surface area contributed by atoms with E-state index in [9.17, 15) is 19.2 Å². The molecule has 7 rings (SSSR count). The van der Waals surface area contributed by atoms with E-state index in [-0.39, 0.29) is 35.7 Å². The van der Waals surface area contributed by atoms with E-state index in [0.29, 0.717) is 31.2 Å². The zero-order chi connectivity index (χ0) is 39.7. The van der Waals surface area contributed by atoms with Crippen molar-refractivity contribution >= 4 is 24.0 Å². The zero-order valence-corrected chi connectivity index (χ0v) is 32.7. The van der Waals surface area contributed by atoms with E-state index in [1.165, 1.54) is 14.2 Å². The van der Waals surface area contributed by atoms with Crippen molar-refractivity contribution in [1.82, 2.24) is 40.4 Å². The number of alkyl carbamates (subject to hydrolysis) is 2. The Bertz CT molecular complexity index is 1960. The van der Waals surface area contributed by atoms with Crippen LogP contribution in [0.4, 0.5) is 9.59 Å². The molecule has 0 aliphatic carbocycles. The Kier molecular flexibility index (Phi) is 11.0. The third-order valence-electron chi connectivity index (χ3n) is 11.0. The summed E-state index contributed by atoms with van der Waals surface area (Å²) in [6.45, 7) is 8.75. The summed E-state index contributed by atoms with van der Waals surface area (Å²) in [6, 6.07) is 10.3. The molecule has 296 valence electrons. The lowest BCUT2D eigenvalue weighted by Crippen LogP contribution is -2.51. The van der Waals surface area contributed by atoms with Gasteiger partial charge in [0.25, 0.3) is 0 Å². The van der Waals surface area contributed by atoms with E-state index in [1.807, 2.05) is 52.0 Å². The van der Waals surface area contributed by atoms with E-state index in [1.54, 1.807) is 22.2 Å². The van der Waals surface area contributed by atoms with Crippen LogP contribution in [0.15, 0.2) is 48.8 Å². The number of likely N-dealkylation sites (tertiary alicyclic amines) is 2. The molecule has 15 heteroatoms. The summed E-state index contributed by atoms with van der Waals surface area (Å²) in [5.41, 5.74) is 5.62. The van der Waals surface area contributed by atoms with Gasteiger partial charge in [0.05, 0.1) is 50.1 Å². The lowest BCUT2D eigenvalue weighted by Gasteiger charge is -2.30. The molecule has 15 nitrogen and oxygen atoms in total. The van der Waals surface area contributed by atoms with Crippen molar-refractivity contribution in [2.24, 2.45) is 11.8 Å². The van der Waals surface area contributed by atoms with Crippen LogP contribution in [0, 0.1) is 11.8 Å². The first kappa shape index (κ1) is 38.4. The molecule has 2 fully saturated rings. The SMILES string of the molecule is COC(=O)N[C@H](C(=O)N1CCC[C@H]1c1ncc(-c2ccc3c(c2)Cc2cc(-c4cnc([C@@H]5CCCN5C(=O)[C@@H](NC(=O)OC)C(C)C)[nH]4)ccc2O3)[nH]1)C(C)C. The number of ether oxygens (including phenoxy) is 3. The quantitative estimate of drug-likeness (QED) is 0.128. The monoisotopic (exact) mass is 766 g/mol. The maximum atomic E-state index is 13.6. The second-order valence-electron chi connectivity index (χ2n) is 15.4. The number of imidazole rings is 2. The van der Waals surface area contributed by atoms with Gasteiger partial charge in [0.15, 0.2) is 0 Å². The number of carbonyl (C=O) groups excluding carboxylic acids is 4. The van der Waals surface area contributed by atoms with Gasteiger partial charge in [-0.05, 0) is 85.0 Å². The highest BCUT2D eigenvalue weighted by atomic mass is 16.5. The van der Waals surface area contributed by atoms with Gasteiger partial charge < -0.3 is 44.6 Å². The number of nitrogens with one attached hydrogen (secondary N) is 4. The number of hydrogen-bond acceptors (Lipinski definition) is 9. The van der Waals surface area contributed by atoms with Gasteiger partial charge in [0, 0.05) is 30.6 Å². The second kappa shape index (κ2) is 16.1. The highest BCUT2D eigenvalue weighted by Gasteiger charge is 2.39. The number of methoxy groups -OCH3 is 2. The molecule has 4 N–H and O–H groups in total. The largest absolute Gasteiger partial charge is 0.457 e. The summed E-state index contributed by atoms with van der Waals surface area (Å²) >= 11 is 0. The highest BCUT2D eigenvalue weighted by molar-refractivity contribution is 5.87. The van der Waals surface area contributed by atoms with Crippen molar-refractivity contribution in [3.8, 4) is 34.0 Å². The van der Waals surface area contributed by atoms with Gasteiger partial charge in [-0.2, -0.15) is 0 Å². The Hall–Kier alpha value is -5.86. The van der Waals surface area contributed by atoms with Gasteiger partial charge in [-0.3, -0.25) is 9.59 Å². The average Bonchev–Trinajstić information content (AvgIpc) is 4.03. The summed E-state index contributed by atoms with van der Waals surface area (Å²) in [4.78, 5) is 71.2. The van der Waals surface area contributed by atoms with E-state index in [4.69, 9.17) is 24.2 Å². The van der Waals surface area contributed by atoms with Crippen LogP contribution in [0.3, 0.4) is 0 Å². The molecule has 4 atom stereocenters. The number of benzene rings is 2. The molecule has 2 aromatic carbocycles. The van der Waals surface area contributed by atoms with Gasteiger partial charge in [0.2, 0.25) is 11.8 Å². The van der Waals surface area contributed by atoms with Crippen molar-refractivity contribution in [3.63, 3.8) is 0 Å². The summed E-state index contributed by atoms with van der Waals surface area (Å²) in [7, 11) is 2.57. The third-order valence-corrected chi connectivity index (χ3v) is 11.0. The minimum atomic E-state index is -0.703. The van der Waals surface area contributed by atoms with Crippen molar-refractivity contribution in [2.45, 2.75) is 84.0 Å². The lowest BCUT2D eigenvalue weighted by molar-refractivity contribution is -0.136. The topological polar surface area (TPSA) is 184 Å². The van der Waals surface area contributed by atoms with Crippen LogP contribution in [-0.2, 0) is 25.5 Å². The fraction of sp³-hybridized carbons (Fsp3) is 0.463. The fourth-order valence-electron chi connectivity index (χ4n) is 7.98. The van der Waals surface area contributed by atoms with Crippen LogP contribution in [0.25, 0.3) is 22.5 Å². The predicted molar refractivity (Wildman–Crippen MR) is 207 cm³/mol. The summed E-state index contributed by atoms with van der Waals surface area (Å²) in [5.74, 6) is 2.45. The Morgan fingerprint density at radius 2 is 1.14 bits per heavy atom. The molecular formula is C41H50N8O7. The van der Waals surface area contributed by atoms with Crippen molar-refractivity contribution in [2.75, 3.05) is 27.3 Å². The number of H-pyrrole nitrogens is 2. The Morgan fingerprint density at radius 3 is 1.54 bits per heavy atom. The fourth-order valence-corrected chi connectivity index (χ4v) is 7.98. The molecule has 56 heavy (non-hydrogen) atoms. The van der Waals surface area contributed by atoms with Crippen LogP contribution in [0.1, 0.15) is 88.2 Å². The summed E-state index contributed by atoms with van der Waals surface area (Å²) < 4.78 is 15.9. The minimum Gasteiger partial charge on any atom is -0.457 e. The average molecular weight is 767 g/mol. The molecule has 4 aromatic rings. The highest BCUT2D eigenvalue weighted by Crippen LogP contribution is 2.41. The molecular weight excluding hydrogens is 716 g/mol. The van der Waals surface area contributed by atoms with Gasteiger partial charge in [0.1, 0.15) is 35.2 Å². The Labute approximate surface area is 325 Å². The van der Waals surface area contributed by atoms with E-state index < -0.39 is 24.3 Å². The van der Waals surface area contributed by atoms with Gasteiger partial charge in [-0.25, -0.2) is 19.6 Å². The maximum absolute atomic E-state index is 13.6. The number of fused-ring (bicyclic) bond motifs is 2. The zero-order valence-electron chi connectivity index (χ0n) is 32.7. The predicted octanol–water partition coefficient (Wildman–Crippen LogP) is 6.25. The standard InChI is InChI=1S/C41H50N8O7/c1-22(2)34(46-40(52)54-5)38(50)48-15-7-9-30(48)36-42-20-28(44-36)24-11-13-32-26(17-24)19-27-18-25(12-14-33(27)56-32)29-21-43-37(45-29)31-10-8-16-49(31)39(51)35(23(3)4)47-41(53)55-6/h11-14,17-18,20-23,30-31,34-35H,7-10,15-16,19H2,1-6H3,(H,42,44)(H,43,45)(H,46,52)(H,47,53)/t30-,31-,34-,35-/m0/s1. The number of carbonyl (C=O) groups is 4. The molecule has 0 radical (unpaired) electrons. The van der Waals surface area contributed by atoms with Crippen molar-refractivity contribution in [1.29, 1.82) is 0 Å². The third kappa shape index (κ3) is 7.66. The Balaban J connectivity index is 1.05. The van der Waals surface area contributed by atoms with Crippen molar-refractivity contribution in [3.05, 3.63) is 71.6 Å². The molecule has 2 saturated heterocycles. The van der Waals surface area contributed by atoms with Gasteiger partial charge in [-0.15, -0.1) is 0 Å². The molecule has 5 heterocycles. The summed E-state index contributed by atoms with van der Waals surface area (Å²) in [5, 5.41) is 5.40.